The van der Waals surface area contributed by atoms with Crippen LogP contribution in [-0.2, 0) is 0 Å². The van der Waals surface area contributed by atoms with E-state index in [0.29, 0.717) is 0 Å². The molecule has 0 aliphatic carbocycles. The summed E-state index contributed by atoms with van der Waals surface area (Å²) >= 11 is 1.68. The first-order valence-electron chi connectivity index (χ1n) is 6.15. The third-order valence-corrected chi connectivity index (χ3v) is 4.17. The highest BCUT2D eigenvalue weighted by Gasteiger charge is 2.16. The van der Waals surface area contributed by atoms with Gasteiger partial charge in [0.25, 0.3) is 0 Å². The zero-order valence-corrected chi connectivity index (χ0v) is 11.4. The molecule has 19 heavy (non-hydrogen) atoms. The molecule has 1 aromatic carbocycles. The fourth-order valence-electron chi connectivity index (χ4n) is 2.29. The summed E-state index contributed by atoms with van der Waals surface area (Å²) in [7, 11) is 0. The van der Waals surface area contributed by atoms with E-state index in [2.05, 4.69) is 30.5 Å². The molecule has 1 atom stereocenters. The largest absolute Gasteiger partial charge is 0.270 e. The van der Waals surface area contributed by atoms with Gasteiger partial charge in [0.1, 0.15) is 0 Å². The fourth-order valence-corrected chi connectivity index (χ4v) is 3.09. The van der Waals surface area contributed by atoms with Gasteiger partial charge in [0.15, 0.2) is 0 Å². The van der Waals surface area contributed by atoms with Gasteiger partial charge in [-0.3, -0.25) is 10.8 Å². The van der Waals surface area contributed by atoms with Gasteiger partial charge in [0, 0.05) is 10.3 Å². The van der Waals surface area contributed by atoms with Crippen molar-refractivity contribution in [3.05, 3.63) is 64.0 Å². The van der Waals surface area contributed by atoms with Gasteiger partial charge in [0.05, 0.1) is 17.3 Å². The van der Waals surface area contributed by atoms with E-state index in [4.69, 9.17) is 10.8 Å². The van der Waals surface area contributed by atoms with Crippen molar-refractivity contribution in [2.45, 2.75) is 13.0 Å². The SMILES string of the molecule is Cc1cc(C(NN)c2cccs2)nc2ccccc12. The minimum absolute atomic E-state index is 0.0525. The van der Waals surface area contributed by atoms with Crippen molar-refractivity contribution in [2.24, 2.45) is 5.84 Å². The summed E-state index contributed by atoms with van der Waals surface area (Å²) < 4.78 is 0. The van der Waals surface area contributed by atoms with Crippen LogP contribution in [0.3, 0.4) is 0 Å². The predicted octanol–water partition coefficient (Wildman–Crippen LogP) is 3.16. The van der Waals surface area contributed by atoms with Gasteiger partial charge < -0.3 is 0 Å². The Morgan fingerprint density at radius 2 is 2.05 bits per heavy atom. The van der Waals surface area contributed by atoms with Crippen LogP contribution in [-0.4, -0.2) is 4.98 Å². The van der Waals surface area contributed by atoms with Crippen LogP contribution < -0.4 is 11.3 Å². The van der Waals surface area contributed by atoms with E-state index in [1.807, 2.05) is 29.6 Å². The normalized spacial score (nSPS) is 12.7. The summed E-state index contributed by atoms with van der Waals surface area (Å²) in [5.41, 5.74) is 6.05. The van der Waals surface area contributed by atoms with Crippen molar-refractivity contribution >= 4 is 22.2 Å². The predicted molar refractivity (Wildman–Crippen MR) is 80.0 cm³/mol. The summed E-state index contributed by atoms with van der Waals surface area (Å²) in [6.45, 7) is 2.11. The number of nitrogens with one attached hydrogen (secondary N) is 1. The first kappa shape index (κ1) is 12.3. The molecule has 0 saturated heterocycles. The summed E-state index contributed by atoms with van der Waals surface area (Å²) in [6.07, 6.45) is 0. The molecule has 3 nitrogen and oxygen atoms in total. The average Bonchev–Trinajstić information content (AvgIpc) is 2.94. The van der Waals surface area contributed by atoms with Gasteiger partial charge in [-0.05, 0) is 36.1 Å². The molecule has 2 aromatic heterocycles. The van der Waals surface area contributed by atoms with Gasteiger partial charge in [-0.15, -0.1) is 11.3 Å². The molecular weight excluding hydrogens is 254 g/mol. The first-order chi connectivity index (χ1) is 9.29. The van der Waals surface area contributed by atoms with E-state index in [1.165, 1.54) is 15.8 Å². The molecule has 0 aliphatic heterocycles. The monoisotopic (exact) mass is 269 g/mol. The highest BCUT2D eigenvalue weighted by atomic mass is 32.1. The summed E-state index contributed by atoms with van der Waals surface area (Å²) in [6, 6.07) is 14.3. The minimum Gasteiger partial charge on any atom is -0.270 e. The van der Waals surface area contributed by atoms with Crippen LogP contribution in [0.4, 0.5) is 0 Å². The molecule has 3 rings (SSSR count). The number of nitrogens with zero attached hydrogens (tertiary/aromatic N) is 1. The van der Waals surface area contributed by atoms with Crippen molar-refractivity contribution in [3.8, 4) is 0 Å². The molecule has 0 radical (unpaired) electrons. The van der Waals surface area contributed by atoms with Gasteiger partial charge >= 0.3 is 0 Å². The van der Waals surface area contributed by atoms with Crippen molar-refractivity contribution in [2.75, 3.05) is 0 Å². The number of aryl methyl sites for hydroxylation is 1. The molecule has 4 heteroatoms. The van der Waals surface area contributed by atoms with E-state index >= 15 is 0 Å². The van der Waals surface area contributed by atoms with Crippen LogP contribution in [0.25, 0.3) is 10.9 Å². The average molecular weight is 269 g/mol. The van der Waals surface area contributed by atoms with E-state index < -0.39 is 0 Å². The highest BCUT2D eigenvalue weighted by Crippen LogP contribution is 2.27. The lowest BCUT2D eigenvalue weighted by atomic mass is 10.1. The molecule has 0 saturated carbocycles. The molecule has 0 amide bonds. The highest BCUT2D eigenvalue weighted by molar-refractivity contribution is 7.10. The lowest BCUT2D eigenvalue weighted by Gasteiger charge is -2.15. The number of pyridine rings is 1. The van der Waals surface area contributed by atoms with Crippen molar-refractivity contribution in [1.82, 2.24) is 10.4 Å². The van der Waals surface area contributed by atoms with E-state index in [9.17, 15) is 0 Å². The lowest BCUT2D eigenvalue weighted by molar-refractivity contribution is 0.632. The van der Waals surface area contributed by atoms with Crippen LogP contribution in [0.2, 0.25) is 0 Å². The third kappa shape index (κ3) is 2.26. The van der Waals surface area contributed by atoms with Gasteiger partial charge in [-0.2, -0.15) is 0 Å². The molecule has 0 bridgehead atoms. The smallest absolute Gasteiger partial charge is 0.0973 e. The summed E-state index contributed by atoms with van der Waals surface area (Å²) in [5.74, 6) is 5.71. The summed E-state index contributed by atoms with van der Waals surface area (Å²) in [4.78, 5) is 5.90. The van der Waals surface area contributed by atoms with Gasteiger partial charge in [0.2, 0.25) is 0 Å². The Hall–Kier alpha value is -1.75. The zero-order valence-electron chi connectivity index (χ0n) is 10.6. The Bertz CT molecular complexity index is 692. The second-order valence-electron chi connectivity index (χ2n) is 4.50. The van der Waals surface area contributed by atoms with Crippen molar-refractivity contribution < 1.29 is 0 Å². The minimum atomic E-state index is -0.0525. The Morgan fingerprint density at radius 3 is 2.79 bits per heavy atom. The number of para-hydroxylation sites is 1. The lowest BCUT2D eigenvalue weighted by Crippen LogP contribution is -2.29. The van der Waals surface area contributed by atoms with Gasteiger partial charge in [-0.25, -0.2) is 5.43 Å². The molecule has 1 unspecified atom stereocenters. The zero-order chi connectivity index (χ0) is 13.2. The second kappa shape index (κ2) is 5.09. The second-order valence-corrected chi connectivity index (χ2v) is 5.48. The van der Waals surface area contributed by atoms with Gasteiger partial charge in [-0.1, -0.05) is 24.3 Å². The van der Waals surface area contributed by atoms with E-state index in [-0.39, 0.29) is 6.04 Å². The number of nitrogens with two attached hydrogens (primary N) is 1. The molecule has 2 heterocycles. The first-order valence-corrected chi connectivity index (χ1v) is 7.03. The Morgan fingerprint density at radius 1 is 1.21 bits per heavy atom. The van der Waals surface area contributed by atoms with Crippen LogP contribution in [0.1, 0.15) is 22.2 Å². The fraction of sp³-hybridized carbons (Fsp3) is 0.133. The number of fused-ring (bicyclic) bond motifs is 1. The number of thiophene rings is 1. The van der Waals surface area contributed by atoms with E-state index in [1.54, 1.807) is 11.3 Å². The van der Waals surface area contributed by atoms with E-state index in [0.717, 1.165) is 11.2 Å². The number of rotatable bonds is 3. The topological polar surface area (TPSA) is 50.9 Å². The van der Waals surface area contributed by atoms with Crippen LogP contribution in [0.5, 0.6) is 0 Å². The Labute approximate surface area is 116 Å². The Balaban J connectivity index is 2.14. The number of hydrogen-bond acceptors (Lipinski definition) is 4. The van der Waals surface area contributed by atoms with Crippen molar-refractivity contribution in [1.29, 1.82) is 0 Å². The molecule has 3 N–H and O–H groups in total. The molecule has 0 aliphatic rings. The maximum Gasteiger partial charge on any atom is 0.0973 e. The number of aromatic nitrogens is 1. The molecule has 0 fully saturated rings. The molecular formula is C15H15N3S. The molecule has 0 spiro atoms. The maximum absolute atomic E-state index is 5.71. The molecule has 3 aromatic rings. The summed E-state index contributed by atoms with van der Waals surface area (Å²) in [5, 5.41) is 3.24. The quantitative estimate of drug-likeness (QED) is 0.567. The third-order valence-electron chi connectivity index (χ3n) is 3.23. The number of benzene rings is 1. The number of hydrogen-bond donors (Lipinski definition) is 2. The van der Waals surface area contributed by atoms with Crippen LogP contribution in [0.15, 0.2) is 47.8 Å². The van der Waals surface area contributed by atoms with Crippen LogP contribution >= 0.6 is 11.3 Å². The standard InChI is InChI=1S/C15H15N3S/c1-10-9-13(15(18-16)14-7-4-8-19-14)17-12-6-3-2-5-11(10)12/h2-9,15,18H,16H2,1H3. The number of hydrazine groups is 1. The maximum atomic E-state index is 5.71. The van der Waals surface area contributed by atoms with Crippen LogP contribution in [0, 0.1) is 6.92 Å². The molecule has 96 valence electrons. The Kier molecular flexibility index (Phi) is 3.29. The van der Waals surface area contributed by atoms with Crippen molar-refractivity contribution in [3.63, 3.8) is 0 Å².